The molecule has 2 fully saturated rings. The standard InChI is InChI=1S/C16H24N4O3S/c1-18(2)15-9-12(6-7-17-15)14-5-4-8-20(14)16(21)13-10-19(11-13)24(3,22)23/h6-7,9,13-14H,4-5,8,10-11H2,1-3H3. The van der Waals surface area contributed by atoms with Gasteiger partial charge in [0.2, 0.25) is 15.9 Å². The second-order valence-electron chi connectivity index (χ2n) is 6.81. The Hall–Kier alpha value is -1.67. The number of rotatable bonds is 4. The molecule has 1 amide bonds. The summed E-state index contributed by atoms with van der Waals surface area (Å²) in [4.78, 5) is 21.0. The van der Waals surface area contributed by atoms with Crippen LogP contribution in [0.15, 0.2) is 18.3 Å². The molecule has 2 saturated heterocycles. The van der Waals surface area contributed by atoms with E-state index < -0.39 is 10.0 Å². The van der Waals surface area contributed by atoms with E-state index in [-0.39, 0.29) is 17.9 Å². The normalized spacial score (nSPS) is 22.5. The van der Waals surface area contributed by atoms with E-state index in [9.17, 15) is 13.2 Å². The van der Waals surface area contributed by atoms with Crippen molar-refractivity contribution in [3.63, 3.8) is 0 Å². The van der Waals surface area contributed by atoms with E-state index in [1.165, 1.54) is 10.6 Å². The first kappa shape index (κ1) is 17.2. The number of sulfonamides is 1. The highest BCUT2D eigenvalue weighted by Gasteiger charge is 2.42. The first-order chi connectivity index (χ1) is 11.3. The maximum atomic E-state index is 12.8. The predicted octanol–water partition coefficient (Wildman–Crippen LogP) is 0.703. The summed E-state index contributed by atoms with van der Waals surface area (Å²) in [7, 11) is 0.696. The third kappa shape index (κ3) is 3.25. The van der Waals surface area contributed by atoms with Crippen molar-refractivity contribution in [1.82, 2.24) is 14.2 Å². The van der Waals surface area contributed by atoms with Crippen molar-refractivity contribution < 1.29 is 13.2 Å². The number of hydrogen-bond acceptors (Lipinski definition) is 5. The lowest BCUT2D eigenvalue weighted by atomic mass is 9.99. The summed E-state index contributed by atoms with van der Waals surface area (Å²) >= 11 is 0. The van der Waals surface area contributed by atoms with Crippen molar-refractivity contribution in [2.24, 2.45) is 5.92 Å². The number of amides is 1. The van der Waals surface area contributed by atoms with E-state index in [2.05, 4.69) is 4.98 Å². The first-order valence-electron chi connectivity index (χ1n) is 8.16. The molecule has 1 aromatic rings. The molecule has 0 saturated carbocycles. The van der Waals surface area contributed by atoms with Gasteiger partial charge in [-0.2, -0.15) is 0 Å². The molecule has 8 heteroatoms. The third-order valence-electron chi connectivity index (χ3n) is 4.81. The van der Waals surface area contributed by atoms with Gasteiger partial charge < -0.3 is 9.80 Å². The minimum absolute atomic E-state index is 0.0616. The monoisotopic (exact) mass is 352 g/mol. The Balaban J connectivity index is 1.72. The minimum Gasteiger partial charge on any atom is -0.363 e. The van der Waals surface area contributed by atoms with Crippen LogP contribution in [0.5, 0.6) is 0 Å². The van der Waals surface area contributed by atoms with Gasteiger partial charge in [0.15, 0.2) is 0 Å². The first-order valence-corrected chi connectivity index (χ1v) is 10.0. The van der Waals surface area contributed by atoms with E-state index in [4.69, 9.17) is 0 Å². The molecule has 0 aliphatic carbocycles. The van der Waals surface area contributed by atoms with Crippen molar-refractivity contribution in [2.45, 2.75) is 18.9 Å². The van der Waals surface area contributed by atoms with Gasteiger partial charge in [0.25, 0.3) is 0 Å². The molecule has 2 aliphatic heterocycles. The molecule has 24 heavy (non-hydrogen) atoms. The van der Waals surface area contributed by atoms with Gasteiger partial charge in [0.05, 0.1) is 18.2 Å². The number of pyridine rings is 1. The SMILES string of the molecule is CN(C)c1cc(C2CCCN2C(=O)C2CN(S(C)(=O)=O)C2)ccn1. The molecule has 0 radical (unpaired) electrons. The zero-order valence-electron chi connectivity index (χ0n) is 14.3. The molecule has 0 aromatic carbocycles. The number of anilines is 1. The average molecular weight is 352 g/mol. The van der Waals surface area contributed by atoms with Crippen LogP contribution in [-0.2, 0) is 14.8 Å². The number of nitrogens with zero attached hydrogens (tertiary/aromatic N) is 4. The van der Waals surface area contributed by atoms with Gasteiger partial charge in [0, 0.05) is 39.9 Å². The number of likely N-dealkylation sites (tertiary alicyclic amines) is 1. The van der Waals surface area contributed by atoms with Gasteiger partial charge in [0.1, 0.15) is 5.82 Å². The second kappa shape index (κ2) is 6.33. The Kier molecular flexibility index (Phi) is 4.52. The van der Waals surface area contributed by atoms with Gasteiger partial charge in [-0.1, -0.05) is 0 Å². The summed E-state index contributed by atoms with van der Waals surface area (Å²) in [6.45, 7) is 1.35. The largest absolute Gasteiger partial charge is 0.363 e. The van der Waals surface area contributed by atoms with Crippen molar-refractivity contribution in [1.29, 1.82) is 0 Å². The highest BCUT2D eigenvalue weighted by atomic mass is 32.2. The van der Waals surface area contributed by atoms with Crippen LogP contribution in [0.25, 0.3) is 0 Å². The van der Waals surface area contributed by atoms with Crippen LogP contribution in [0.2, 0.25) is 0 Å². The molecule has 1 atom stereocenters. The van der Waals surface area contributed by atoms with Crippen LogP contribution in [-0.4, -0.2) is 68.5 Å². The van der Waals surface area contributed by atoms with Gasteiger partial charge in [-0.05, 0) is 30.5 Å². The zero-order chi connectivity index (χ0) is 17.5. The fourth-order valence-corrected chi connectivity index (χ4v) is 4.26. The Morgan fingerprint density at radius 1 is 1.33 bits per heavy atom. The smallest absolute Gasteiger partial charge is 0.228 e. The van der Waals surface area contributed by atoms with Crippen molar-refractivity contribution >= 4 is 21.7 Å². The summed E-state index contributed by atoms with van der Waals surface area (Å²) in [5.41, 5.74) is 1.10. The predicted molar refractivity (Wildman–Crippen MR) is 92.2 cm³/mol. The quantitative estimate of drug-likeness (QED) is 0.798. The lowest BCUT2D eigenvalue weighted by molar-refractivity contribution is -0.140. The van der Waals surface area contributed by atoms with E-state index in [0.29, 0.717) is 13.1 Å². The van der Waals surface area contributed by atoms with Crippen LogP contribution >= 0.6 is 0 Å². The number of carbonyl (C=O) groups excluding carboxylic acids is 1. The number of carbonyl (C=O) groups is 1. The molecule has 0 N–H and O–H groups in total. The molecule has 0 spiro atoms. The topological polar surface area (TPSA) is 73.8 Å². The summed E-state index contributed by atoms with van der Waals surface area (Å²) in [5, 5.41) is 0. The molecule has 2 aliphatic rings. The lowest BCUT2D eigenvalue weighted by Crippen LogP contribution is -2.55. The third-order valence-corrected chi connectivity index (χ3v) is 6.05. The maximum absolute atomic E-state index is 12.8. The fourth-order valence-electron chi connectivity index (χ4n) is 3.36. The lowest BCUT2D eigenvalue weighted by Gasteiger charge is -2.39. The zero-order valence-corrected chi connectivity index (χ0v) is 15.2. The minimum atomic E-state index is -3.19. The van der Waals surface area contributed by atoms with Crippen LogP contribution in [0, 0.1) is 5.92 Å². The highest BCUT2D eigenvalue weighted by molar-refractivity contribution is 7.88. The molecular formula is C16H24N4O3S. The summed E-state index contributed by atoms with van der Waals surface area (Å²) in [5.74, 6) is 0.731. The summed E-state index contributed by atoms with van der Waals surface area (Å²) in [6, 6.07) is 4.05. The van der Waals surface area contributed by atoms with Crippen LogP contribution in [0.3, 0.4) is 0 Å². The number of aromatic nitrogens is 1. The highest BCUT2D eigenvalue weighted by Crippen LogP contribution is 2.35. The van der Waals surface area contributed by atoms with Gasteiger partial charge in [-0.15, -0.1) is 0 Å². The maximum Gasteiger partial charge on any atom is 0.228 e. The van der Waals surface area contributed by atoms with Crippen molar-refractivity contribution in [2.75, 3.05) is 44.9 Å². The van der Waals surface area contributed by atoms with Crippen molar-refractivity contribution in [3.8, 4) is 0 Å². The van der Waals surface area contributed by atoms with Gasteiger partial charge in [-0.3, -0.25) is 4.79 Å². The van der Waals surface area contributed by atoms with E-state index >= 15 is 0 Å². The molecular weight excluding hydrogens is 328 g/mol. The molecule has 7 nitrogen and oxygen atoms in total. The molecule has 3 rings (SSSR count). The van der Waals surface area contributed by atoms with Crippen LogP contribution < -0.4 is 4.90 Å². The van der Waals surface area contributed by atoms with Crippen LogP contribution in [0.4, 0.5) is 5.82 Å². The molecule has 132 valence electrons. The molecule has 3 heterocycles. The molecule has 1 aromatic heterocycles. The Morgan fingerprint density at radius 3 is 2.67 bits per heavy atom. The fraction of sp³-hybridized carbons (Fsp3) is 0.625. The van der Waals surface area contributed by atoms with Crippen LogP contribution in [0.1, 0.15) is 24.4 Å². The van der Waals surface area contributed by atoms with Gasteiger partial charge in [-0.25, -0.2) is 17.7 Å². The van der Waals surface area contributed by atoms with Crippen molar-refractivity contribution in [3.05, 3.63) is 23.9 Å². The van der Waals surface area contributed by atoms with E-state index in [1.807, 2.05) is 36.0 Å². The summed E-state index contributed by atoms with van der Waals surface area (Å²) < 4.78 is 24.3. The molecule has 1 unspecified atom stereocenters. The van der Waals surface area contributed by atoms with E-state index in [1.54, 1.807) is 6.20 Å². The second-order valence-corrected chi connectivity index (χ2v) is 8.79. The van der Waals surface area contributed by atoms with Gasteiger partial charge >= 0.3 is 0 Å². The molecule has 0 bridgehead atoms. The number of hydrogen-bond donors (Lipinski definition) is 0. The Bertz CT molecular complexity index is 729. The average Bonchev–Trinajstić information content (AvgIpc) is 2.93. The Labute approximate surface area is 143 Å². The summed E-state index contributed by atoms with van der Waals surface area (Å²) in [6.07, 6.45) is 4.87. The Morgan fingerprint density at radius 2 is 2.04 bits per heavy atom. The van der Waals surface area contributed by atoms with E-state index in [0.717, 1.165) is 30.8 Å².